The number of aliphatic hydroxyl groups excluding tert-OH is 1. The van der Waals surface area contributed by atoms with Gasteiger partial charge in [0.1, 0.15) is 0 Å². The number of nitrogens with one attached hydrogen (secondary N) is 1. The van der Waals surface area contributed by atoms with Gasteiger partial charge in [-0.3, -0.25) is 4.79 Å². The van der Waals surface area contributed by atoms with Gasteiger partial charge < -0.3 is 15.0 Å². The van der Waals surface area contributed by atoms with Crippen molar-refractivity contribution in [3.63, 3.8) is 0 Å². The van der Waals surface area contributed by atoms with Gasteiger partial charge in [0.15, 0.2) is 5.16 Å². The molecular weight excluding hydrogens is 322 g/mol. The third-order valence-corrected chi connectivity index (χ3v) is 5.27. The van der Waals surface area contributed by atoms with Crippen LogP contribution in [0.1, 0.15) is 23.4 Å². The molecule has 0 aliphatic carbocycles. The van der Waals surface area contributed by atoms with E-state index in [4.69, 9.17) is 5.11 Å². The fraction of sp³-hybridized carbons (Fsp3) is 0.444. The molecule has 1 fully saturated rings. The van der Waals surface area contributed by atoms with Gasteiger partial charge in [0.25, 0.3) is 0 Å². The number of carbonyl (C=O) groups excluding carboxylic acids is 1. The zero-order chi connectivity index (χ0) is 16.9. The SMILES string of the molecule is Cc1[nH]c(SCC(=O)N2CCC(CO)C2)nc1Cc1ccccc1. The highest BCUT2D eigenvalue weighted by Gasteiger charge is 2.25. The van der Waals surface area contributed by atoms with E-state index in [1.165, 1.54) is 17.3 Å². The van der Waals surface area contributed by atoms with Crippen molar-refractivity contribution in [2.75, 3.05) is 25.4 Å². The first-order valence-corrected chi connectivity index (χ1v) is 9.25. The fourth-order valence-electron chi connectivity index (χ4n) is 2.93. The Balaban J connectivity index is 1.54. The minimum atomic E-state index is 0.120. The molecule has 2 aromatic rings. The molecule has 1 unspecified atom stereocenters. The van der Waals surface area contributed by atoms with Crippen LogP contribution in [0.3, 0.4) is 0 Å². The van der Waals surface area contributed by atoms with Gasteiger partial charge >= 0.3 is 0 Å². The van der Waals surface area contributed by atoms with Crippen molar-refractivity contribution < 1.29 is 9.90 Å². The highest BCUT2D eigenvalue weighted by Crippen LogP contribution is 2.21. The van der Waals surface area contributed by atoms with E-state index >= 15 is 0 Å². The Morgan fingerprint density at radius 3 is 2.92 bits per heavy atom. The largest absolute Gasteiger partial charge is 0.396 e. The minimum absolute atomic E-state index is 0.120. The van der Waals surface area contributed by atoms with Gasteiger partial charge in [-0.05, 0) is 18.9 Å². The van der Waals surface area contributed by atoms with Gasteiger partial charge in [-0.15, -0.1) is 0 Å². The number of carbonyl (C=O) groups is 1. The summed E-state index contributed by atoms with van der Waals surface area (Å²) in [6, 6.07) is 10.3. The molecule has 24 heavy (non-hydrogen) atoms. The van der Waals surface area contributed by atoms with Crippen molar-refractivity contribution in [1.82, 2.24) is 14.9 Å². The monoisotopic (exact) mass is 345 g/mol. The van der Waals surface area contributed by atoms with Crippen molar-refractivity contribution in [2.45, 2.75) is 24.9 Å². The average molecular weight is 345 g/mol. The number of amides is 1. The number of H-pyrrole nitrogens is 1. The Bertz CT molecular complexity index is 687. The van der Waals surface area contributed by atoms with Crippen LogP contribution in [-0.4, -0.2) is 51.3 Å². The van der Waals surface area contributed by atoms with E-state index < -0.39 is 0 Å². The lowest BCUT2D eigenvalue weighted by Crippen LogP contribution is -2.30. The molecule has 1 amide bonds. The molecule has 2 heterocycles. The Morgan fingerprint density at radius 1 is 1.42 bits per heavy atom. The topological polar surface area (TPSA) is 69.2 Å². The van der Waals surface area contributed by atoms with Gasteiger partial charge in [0.2, 0.25) is 5.91 Å². The highest BCUT2D eigenvalue weighted by atomic mass is 32.2. The third-order valence-electron chi connectivity index (χ3n) is 4.41. The van der Waals surface area contributed by atoms with Crippen LogP contribution in [0.25, 0.3) is 0 Å². The summed E-state index contributed by atoms with van der Waals surface area (Å²) in [4.78, 5) is 22.0. The van der Waals surface area contributed by atoms with E-state index in [-0.39, 0.29) is 18.4 Å². The molecule has 0 radical (unpaired) electrons. The molecule has 1 aromatic carbocycles. The maximum absolute atomic E-state index is 12.2. The Kier molecular flexibility index (Phi) is 5.58. The molecule has 0 bridgehead atoms. The molecule has 1 atom stereocenters. The summed E-state index contributed by atoms with van der Waals surface area (Å²) in [5.41, 5.74) is 3.31. The lowest BCUT2D eigenvalue weighted by atomic mass is 10.1. The van der Waals surface area contributed by atoms with Crippen molar-refractivity contribution in [1.29, 1.82) is 0 Å². The number of aromatic amines is 1. The number of rotatable bonds is 6. The molecule has 1 aliphatic heterocycles. The molecule has 6 heteroatoms. The number of likely N-dealkylation sites (tertiary alicyclic amines) is 1. The van der Waals surface area contributed by atoms with Crippen LogP contribution in [0.2, 0.25) is 0 Å². The van der Waals surface area contributed by atoms with Crippen molar-refractivity contribution in [2.24, 2.45) is 5.92 Å². The quantitative estimate of drug-likeness (QED) is 0.788. The van der Waals surface area contributed by atoms with Crippen LogP contribution >= 0.6 is 11.8 Å². The normalized spacial score (nSPS) is 17.4. The van der Waals surface area contributed by atoms with E-state index in [9.17, 15) is 4.79 Å². The first kappa shape index (κ1) is 17.0. The van der Waals surface area contributed by atoms with E-state index in [0.717, 1.165) is 35.9 Å². The van der Waals surface area contributed by atoms with Gasteiger partial charge in [0.05, 0.1) is 11.4 Å². The summed E-state index contributed by atoms with van der Waals surface area (Å²) < 4.78 is 0. The van der Waals surface area contributed by atoms with Gasteiger partial charge in [0, 0.05) is 37.7 Å². The Morgan fingerprint density at radius 2 is 2.21 bits per heavy atom. The van der Waals surface area contributed by atoms with Crippen LogP contribution in [0.5, 0.6) is 0 Å². The van der Waals surface area contributed by atoms with E-state index in [1.54, 1.807) is 0 Å². The molecule has 2 N–H and O–H groups in total. The van der Waals surface area contributed by atoms with E-state index in [2.05, 4.69) is 22.1 Å². The molecular formula is C18H23N3O2S. The predicted octanol–water partition coefficient (Wildman–Crippen LogP) is 2.24. The number of aromatic nitrogens is 2. The van der Waals surface area contributed by atoms with Crippen LogP contribution in [0.15, 0.2) is 35.5 Å². The lowest BCUT2D eigenvalue weighted by Gasteiger charge is -2.15. The highest BCUT2D eigenvalue weighted by molar-refractivity contribution is 7.99. The van der Waals surface area contributed by atoms with Crippen molar-refractivity contribution in [3.8, 4) is 0 Å². The Labute approximate surface area is 146 Å². The number of imidazole rings is 1. The summed E-state index contributed by atoms with van der Waals surface area (Å²) in [6.45, 7) is 3.61. The maximum Gasteiger partial charge on any atom is 0.233 e. The molecule has 5 nitrogen and oxygen atoms in total. The smallest absolute Gasteiger partial charge is 0.233 e. The third kappa shape index (κ3) is 4.19. The average Bonchev–Trinajstić information content (AvgIpc) is 3.21. The van der Waals surface area contributed by atoms with E-state index in [1.807, 2.05) is 30.0 Å². The van der Waals surface area contributed by atoms with Crippen molar-refractivity contribution >= 4 is 17.7 Å². The predicted molar refractivity (Wildman–Crippen MR) is 95.1 cm³/mol. The second kappa shape index (κ2) is 7.85. The molecule has 1 saturated heterocycles. The molecule has 3 rings (SSSR count). The maximum atomic E-state index is 12.2. The summed E-state index contributed by atoms with van der Waals surface area (Å²) in [7, 11) is 0. The number of aliphatic hydroxyl groups is 1. The van der Waals surface area contributed by atoms with Gasteiger partial charge in [-0.25, -0.2) is 4.98 Å². The zero-order valence-electron chi connectivity index (χ0n) is 13.9. The number of hydrogen-bond donors (Lipinski definition) is 2. The number of benzene rings is 1. The number of thioether (sulfide) groups is 1. The van der Waals surface area contributed by atoms with Gasteiger partial charge in [-0.2, -0.15) is 0 Å². The summed E-state index contributed by atoms with van der Waals surface area (Å²) >= 11 is 1.45. The summed E-state index contributed by atoms with van der Waals surface area (Å²) in [5, 5.41) is 9.97. The first-order valence-electron chi connectivity index (χ1n) is 8.26. The van der Waals surface area contributed by atoms with Gasteiger partial charge in [-0.1, -0.05) is 42.1 Å². The van der Waals surface area contributed by atoms with Crippen LogP contribution in [0.4, 0.5) is 0 Å². The standard InChI is InChI=1S/C18H23N3O2S/c1-13-16(9-14-5-3-2-4-6-14)20-18(19-13)24-12-17(23)21-8-7-15(10-21)11-22/h2-6,15,22H,7-12H2,1H3,(H,19,20). The van der Waals surface area contributed by atoms with Crippen molar-refractivity contribution in [3.05, 3.63) is 47.3 Å². The number of hydrogen-bond acceptors (Lipinski definition) is 4. The first-order chi connectivity index (χ1) is 11.7. The molecule has 1 aliphatic rings. The molecule has 0 spiro atoms. The zero-order valence-corrected chi connectivity index (χ0v) is 14.7. The fourth-order valence-corrected chi connectivity index (χ4v) is 3.77. The van der Waals surface area contributed by atoms with Crippen LogP contribution in [0, 0.1) is 12.8 Å². The summed E-state index contributed by atoms with van der Waals surface area (Å²) in [6.07, 6.45) is 1.69. The van der Waals surface area contributed by atoms with Crippen LogP contribution in [-0.2, 0) is 11.2 Å². The minimum Gasteiger partial charge on any atom is -0.396 e. The Hall–Kier alpha value is -1.79. The number of nitrogens with zero attached hydrogens (tertiary/aromatic N) is 2. The second-order valence-electron chi connectivity index (χ2n) is 6.24. The second-order valence-corrected chi connectivity index (χ2v) is 7.21. The lowest BCUT2D eigenvalue weighted by molar-refractivity contribution is -0.127. The van der Waals surface area contributed by atoms with E-state index in [0.29, 0.717) is 12.3 Å². The summed E-state index contributed by atoms with van der Waals surface area (Å²) in [5.74, 6) is 0.743. The van der Waals surface area contributed by atoms with Crippen LogP contribution < -0.4 is 0 Å². The molecule has 1 aromatic heterocycles. The molecule has 0 saturated carbocycles. The molecule has 128 valence electrons. The number of aryl methyl sites for hydroxylation is 1.